The van der Waals surface area contributed by atoms with Gasteiger partial charge in [0.05, 0.1) is 0 Å². The average Bonchev–Trinajstić information content (AvgIpc) is 2.69. The molecule has 0 atom stereocenters. The van der Waals surface area contributed by atoms with E-state index in [2.05, 4.69) is 32.3 Å². The van der Waals surface area contributed by atoms with Crippen molar-refractivity contribution in [1.82, 2.24) is 9.97 Å². The third-order valence-electron chi connectivity index (χ3n) is 4.39. The number of aromatic nitrogens is 2. The molecule has 0 fully saturated rings. The molecule has 0 saturated carbocycles. The highest BCUT2D eigenvalue weighted by molar-refractivity contribution is 6.02. The SMILES string of the molecule is O=C(Nc1ccc(F)cc1)c1ccnc(N2CCc3ccccc3C2)n1. The third-order valence-corrected chi connectivity index (χ3v) is 4.39. The summed E-state index contributed by atoms with van der Waals surface area (Å²) in [6.07, 6.45) is 2.51. The first kappa shape index (κ1) is 16.2. The molecule has 0 aliphatic carbocycles. The van der Waals surface area contributed by atoms with Crippen LogP contribution < -0.4 is 10.2 Å². The van der Waals surface area contributed by atoms with Gasteiger partial charge in [0.25, 0.3) is 5.91 Å². The monoisotopic (exact) mass is 348 g/mol. The second-order valence-electron chi connectivity index (χ2n) is 6.14. The molecule has 130 valence electrons. The van der Waals surface area contributed by atoms with Crippen molar-refractivity contribution in [1.29, 1.82) is 0 Å². The van der Waals surface area contributed by atoms with E-state index >= 15 is 0 Å². The molecule has 5 nitrogen and oxygen atoms in total. The molecule has 26 heavy (non-hydrogen) atoms. The van der Waals surface area contributed by atoms with E-state index in [0.29, 0.717) is 11.6 Å². The maximum absolute atomic E-state index is 13.0. The van der Waals surface area contributed by atoms with E-state index in [-0.39, 0.29) is 17.4 Å². The first-order valence-electron chi connectivity index (χ1n) is 8.41. The number of carbonyl (C=O) groups is 1. The number of nitrogens with one attached hydrogen (secondary N) is 1. The summed E-state index contributed by atoms with van der Waals surface area (Å²) in [6.45, 7) is 1.53. The van der Waals surface area contributed by atoms with Crippen LogP contribution in [0.15, 0.2) is 60.8 Å². The van der Waals surface area contributed by atoms with E-state index < -0.39 is 0 Å². The number of hydrogen-bond donors (Lipinski definition) is 1. The quantitative estimate of drug-likeness (QED) is 0.788. The fraction of sp³-hybridized carbons (Fsp3) is 0.150. The Hall–Kier alpha value is -3.28. The van der Waals surface area contributed by atoms with Crippen LogP contribution in [-0.2, 0) is 13.0 Å². The molecular weight excluding hydrogens is 331 g/mol. The van der Waals surface area contributed by atoms with Crippen LogP contribution >= 0.6 is 0 Å². The van der Waals surface area contributed by atoms with Gasteiger partial charge >= 0.3 is 0 Å². The van der Waals surface area contributed by atoms with E-state index in [9.17, 15) is 9.18 Å². The minimum Gasteiger partial charge on any atom is -0.336 e. The van der Waals surface area contributed by atoms with Crippen LogP contribution in [-0.4, -0.2) is 22.4 Å². The summed E-state index contributed by atoms with van der Waals surface area (Å²) in [6, 6.07) is 15.5. The Bertz CT molecular complexity index is 943. The fourth-order valence-electron chi connectivity index (χ4n) is 3.02. The molecule has 3 aromatic rings. The number of halogens is 1. The van der Waals surface area contributed by atoms with Crippen molar-refractivity contribution in [3.63, 3.8) is 0 Å². The summed E-state index contributed by atoms with van der Waals surface area (Å²) >= 11 is 0. The summed E-state index contributed by atoms with van der Waals surface area (Å²) in [5, 5.41) is 2.72. The highest BCUT2D eigenvalue weighted by Gasteiger charge is 2.19. The molecule has 0 spiro atoms. The van der Waals surface area contributed by atoms with Crippen molar-refractivity contribution in [2.24, 2.45) is 0 Å². The van der Waals surface area contributed by atoms with Crippen molar-refractivity contribution in [3.8, 4) is 0 Å². The smallest absolute Gasteiger partial charge is 0.274 e. The van der Waals surface area contributed by atoms with Gasteiger partial charge in [0.15, 0.2) is 0 Å². The van der Waals surface area contributed by atoms with Gasteiger partial charge in [-0.1, -0.05) is 24.3 Å². The lowest BCUT2D eigenvalue weighted by molar-refractivity contribution is 0.102. The van der Waals surface area contributed by atoms with E-state index in [4.69, 9.17) is 0 Å². The Labute approximate surface area is 150 Å². The van der Waals surface area contributed by atoms with Crippen molar-refractivity contribution < 1.29 is 9.18 Å². The summed E-state index contributed by atoms with van der Waals surface area (Å²) < 4.78 is 13.0. The number of carbonyl (C=O) groups excluding carboxylic acids is 1. The molecule has 6 heteroatoms. The van der Waals surface area contributed by atoms with Gasteiger partial charge in [0, 0.05) is 25.0 Å². The lowest BCUT2D eigenvalue weighted by atomic mass is 10.0. The zero-order valence-electron chi connectivity index (χ0n) is 14.0. The van der Waals surface area contributed by atoms with E-state index in [0.717, 1.165) is 19.5 Å². The summed E-state index contributed by atoms with van der Waals surface area (Å²) in [5.41, 5.74) is 3.39. The van der Waals surface area contributed by atoms with Gasteiger partial charge in [-0.25, -0.2) is 14.4 Å². The molecule has 2 aromatic carbocycles. The molecule has 2 heterocycles. The van der Waals surface area contributed by atoms with E-state index in [1.807, 2.05) is 12.1 Å². The Balaban J connectivity index is 1.51. The number of anilines is 2. The minimum atomic E-state index is -0.349. The second kappa shape index (κ2) is 6.92. The van der Waals surface area contributed by atoms with Crippen LogP contribution in [0.2, 0.25) is 0 Å². The fourth-order valence-corrected chi connectivity index (χ4v) is 3.02. The standard InChI is InChI=1S/C20H17FN4O/c21-16-5-7-17(8-6-16)23-19(26)18-9-11-22-20(24-18)25-12-10-14-3-1-2-4-15(14)13-25/h1-9,11H,10,12-13H2,(H,23,26). The molecule has 1 aliphatic rings. The molecule has 0 unspecified atom stereocenters. The zero-order chi connectivity index (χ0) is 17.9. The normalized spacial score (nSPS) is 13.2. The molecule has 0 bridgehead atoms. The van der Waals surface area contributed by atoms with Crippen LogP contribution in [0.5, 0.6) is 0 Å². The summed E-state index contributed by atoms with van der Waals surface area (Å²) in [7, 11) is 0. The highest BCUT2D eigenvalue weighted by atomic mass is 19.1. The molecule has 0 radical (unpaired) electrons. The van der Waals surface area contributed by atoms with Gasteiger partial charge in [-0.3, -0.25) is 4.79 Å². The third kappa shape index (κ3) is 3.39. The number of hydrogen-bond acceptors (Lipinski definition) is 4. The van der Waals surface area contributed by atoms with Gasteiger partial charge in [0.2, 0.25) is 5.95 Å². The maximum Gasteiger partial charge on any atom is 0.274 e. The topological polar surface area (TPSA) is 58.1 Å². The van der Waals surface area contributed by atoms with Crippen molar-refractivity contribution in [2.45, 2.75) is 13.0 Å². The number of amides is 1. The maximum atomic E-state index is 13.0. The van der Waals surface area contributed by atoms with Crippen LogP contribution in [0, 0.1) is 5.82 Å². The van der Waals surface area contributed by atoms with Gasteiger partial charge in [-0.2, -0.15) is 0 Å². The number of fused-ring (bicyclic) bond motifs is 1. The van der Waals surface area contributed by atoms with Crippen molar-refractivity contribution in [2.75, 3.05) is 16.8 Å². The Morgan fingerprint density at radius 2 is 1.81 bits per heavy atom. The first-order chi connectivity index (χ1) is 12.7. The van der Waals surface area contributed by atoms with Gasteiger partial charge < -0.3 is 10.2 Å². The van der Waals surface area contributed by atoms with Gasteiger partial charge in [-0.05, 0) is 47.9 Å². The molecule has 0 saturated heterocycles. The molecule has 4 rings (SSSR count). The first-order valence-corrected chi connectivity index (χ1v) is 8.41. The minimum absolute atomic E-state index is 0.276. The van der Waals surface area contributed by atoms with Crippen molar-refractivity contribution >= 4 is 17.5 Å². The van der Waals surface area contributed by atoms with Gasteiger partial charge in [0.1, 0.15) is 11.5 Å². The predicted molar refractivity (Wildman–Crippen MR) is 97.6 cm³/mol. The van der Waals surface area contributed by atoms with Crippen LogP contribution in [0.3, 0.4) is 0 Å². The summed E-state index contributed by atoms with van der Waals surface area (Å²) in [4.78, 5) is 23.2. The molecule has 1 amide bonds. The number of rotatable bonds is 3. The van der Waals surface area contributed by atoms with E-state index in [1.54, 1.807) is 12.3 Å². The Morgan fingerprint density at radius 3 is 2.62 bits per heavy atom. The molecule has 1 N–H and O–H groups in total. The van der Waals surface area contributed by atoms with Crippen LogP contribution in [0.25, 0.3) is 0 Å². The zero-order valence-corrected chi connectivity index (χ0v) is 14.0. The second-order valence-corrected chi connectivity index (χ2v) is 6.14. The van der Waals surface area contributed by atoms with Gasteiger partial charge in [-0.15, -0.1) is 0 Å². The number of benzene rings is 2. The lowest BCUT2D eigenvalue weighted by Crippen LogP contribution is -2.32. The number of nitrogens with zero attached hydrogens (tertiary/aromatic N) is 3. The molecule has 1 aliphatic heterocycles. The Kier molecular flexibility index (Phi) is 4.31. The van der Waals surface area contributed by atoms with Crippen LogP contribution in [0.1, 0.15) is 21.6 Å². The van der Waals surface area contributed by atoms with Crippen molar-refractivity contribution in [3.05, 3.63) is 83.4 Å². The largest absolute Gasteiger partial charge is 0.336 e. The average molecular weight is 348 g/mol. The summed E-state index contributed by atoms with van der Waals surface area (Å²) in [5.74, 6) is -0.165. The van der Waals surface area contributed by atoms with Crippen LogP contribution in [0.4, 0.5) is 16.0 Å². The highest BCUT2D eigenvalue weighted by Crippen LogP contribution is 2.22. The molecular formula is C20H17FN4O. The van der Waals surface area contributed by atoms with E-state index in [1.165, 1.54) is 35.4 Å². The molecule has 1 aromatic heterocycles. The Morgan fingerprint density at radius 1 is 1.04 bits per heavy atom. The lowest BCUT2D eigenvalue weighted by Gasteiger charge is -2.28. The predicted octanol–water partition coefficient (Wildman–Crippen LogP) is 3.43.